The van der Waals surface area contributed by atoms with Crippen LogP contribution in [0.2, 0.25) is 0 Å². The fourth-order valence-electron chi connectivity index (χ4n) is 2.49. The number of ether oxygens (including phenoxy) is 1. The van der Waals surface area contributed by atoms with E-state index >= 15 is 0 Å². The maximum atomic E-state index is 12.0. The van der Waals surface area contributed by atoms with E-state index < -0.39 is 15.4 Å². The van der Waals surface area contributed by atoms with Crippen LogP contribution in [0.25, 0.3) is 0 Å². The molecule has 1 saturated heterocycles. The number of hydrogen-bond donors (Lipinski definition) is 1. The summed E-state index contributed by atoms with van der Waals surface area (Å²) in [6.45, 7) is 7.35. The van der Waals surface area contributed by atoms with Crippen molar-refractivity contribution in [3.05, 3.63) is 0 Å². The summed E-state index contributed by atoms with van der Waals surface area (Å²) in [4.78, 5) is 14.1. The van der Waals surface area contributed by atoms with Gasteiger partial charge in [-0.25, -0.2) is 8.42 Å². The number of carbonyl (C=O) groups excluding carboxylic acids is 1. The normalized spacial score (nSPS) is 25.9. The van der Waals surface area contributed by atoms with Gasteiger partial charge in [0.2, 0.25) is 0 Å². The first-order chi connectivity index (χ1) is 9.24. The first kappa shape index (κ1) is 17.4. The van der Waals surface area contributed by atoms with Gasteiger partial charge in [0.1, 0.15) is 5.54 Å². The van der Waals surface area contributed by atoms with Crippen molar-refractivity contribution >= 4 is 15.8 Å². The van der Waals surface area contributed by atoms with Crippen LogP contribution in [0.5, 0.6) is 0 Å². The molecule has 0 saturated carbocycles. The molecule has 2 atom stereocenters. The Morgan fingerprint density at radius 1 is 1.50 bits per heavy atom. The Morgan fingerprint density at radius 2 is 2.15 bits per heavy atom. The van der Waals surface area contributed by atoms with Crippen molar-refractivity contribution in [1.82, 2.24) is 10.2 Å². The van der Waals surface area contributed by atoms with Crippen LogP contribution in [0.4, 0.5) is 0 Å². The molecule has 2 unspecified atom stereocenters. The van der Waals surface area contributed by atoms with Gasteiger partial charge in [0.05, 0.1) is 18.6 Å². The van der Waals surface area contributed by atoms with Gasteiger partial charge >= 0.3 is 5.97 Å². The average Bonchev–Trinajstić information content (AvgIpc) is 2.38. The first-order valence-corrected chi connectivity index (χ1v) is 8.84. The molecule has 0 aromatic rings. The quantitative estimate of drug-likeness (QED) is 0.698. The molecule has 1 N–H and O–H groups in total. The highest BCUT2D eigenvalue weighted by molar-refractivity contribution is 7.91. The molecule has 1 fully saturated rings. The molecule has 0 radical (unpaired) electrons. The predicted molar refractivity (Wildman–Crippen MR) is 78.4 cm³/mol. The number of carbonyl (C=O) groups is 1. The molecule has 118 valence electrons. The van der Waals surface area contributed by atoms with Crippen LogP contribution < -0.4 is 5.32 Å². The van der Waals surface area contributed by atoms with E-state index in [1.807, 2.05) is 25.7 Å². The third kappa shape index (κ3) is 4.43. The van der Waals surface area contributed by atoms with Crippen molar-refractivity contribution in [3.8, 4) is 0 Å². The zero-order valence-corrected chi connectivity index (χ0v) is 13.6. The Bertz CT molecular complexity index is 438. The van der Waals surface area contributed by atoms with E-state index in [9.17, 15) is 13.2 Å². The zero-order chi connectivity index (χ0) is 15.4. The molecular weight excluding hydrogens is 280 g/mol. The van der Waals surface area contributed by atoms with E-state index in [-0.39, 0.29) is 23.5 Å². The second-order valence-corrected chi connectivity index (χ2v) is 7.91. The van der Waals surface area contributed by atoms with Crippen LogP contribution >= 0.6 is 0 Å². The van der Waals surface area contributed by atoms with Gasteiger partial charge in [0, 0.05) is 19.1 Å². The van der Waals surface area contributed by atoms with Crippen LogP contribution in [0, 0.1) is 0 Å². The van der Waals surface area contributed by atoms with Crippen molar-refractivity contribution < 1.29 is 17.9 Å². The van der Waals surface area contributed by atoms with Crippen LogP contribution in [0.15, 0.2) is 0 Å². The van der Waals surface area contributed by atoms with Crippen molar-refractivity contribution in [2.75, 3.05) is 38.2 Å². The monoisotopic (exact) mass is 306 g/mol. The Balaban J connectivity index is 2.77. The van der Waals surface area contributed by atoms with Crippen molar-refractivity contribution in [2.24, 2.45) is 0 Å². The number of sulfone groups is 1. The van der Waals surface area contributed by atoms with Crippen LogP contribution in [0.3, 0.4) is 0 Å². The van der Waals surface area contributed by atoms with E-state index in [4.69, 9.17) is 4.74 Å². The van der Waals surface area contributed by atoms with Crippen molar-refractivity contribution in [3.63, 3.8) is 0 Å². The minimum Gasteiger partial charge on any atom is -0.468 e. The second-order valence-electron chi connectivity index (χ2n) is 5.68. The molecule has 6 nitrogen and oxygen atoms in total. The average molecular weight is 306 g/mol. The van der Waals surface area contributed by atoms with Gasteiger partial charge in [-0.2, -0.15) is 0 Å². The fourth-order valence-corrected chi connectivity index (χ4v) is 4.12. The molecular formula is C13H26N2O4S. The summed E-state index contributed by atoms with van der Waals surface area (Å²) in [5.74, 6) is -0.00740. The Hall–Kier alpha value is -0.660. The molecule has 0 spiro atoms. The number of hydrogen-bond acceptors (Lipinski definition) is 6. The molecule has 20 heavy (non-hydrogen) atoms. The molecule has 1 rings (SSSR count). The molecule has 1 aliphatic rings. The van der Waals surface area contributed by atoms with Crippen LogP contribution in [-0.4, -0.2) is 69.1 Å². The van der Waals surface area contributed by atoms with Crippen LogP contribution in [-0.2, 0) is 19.4 Å². The van der Waals surface area contributed by atoms with Crippen LogP contribution in [0.1, 0.15) is 27.2 Å². The molecule has 1 aliphatic heterocycles. The highest BCUT2D eigenvalue weighted by Crippen LogP contribution is 2.17. The molecule has 0 aliphatic carbocycles. The molecule has 0 aromatic carbocycles. The van der Waals surface area contributed by atoms with Gasteiger partial charge in [-0.05, 0) is 26.8 Å². The molecule has 0 amide bonds. The lowest BCUT2D eigenvalue weighted by molar-refractivity contribution is -0.149. The van der Waals surface area contributed by atoms with E-state index in [0.29, 0.717) is 19.6 Å². The number of rotatable bonds is 6. The van der Waals surface area contributed by atoms with E-state index in [1.165, 1.54) is 7.11 Å². The van der Waals surface area contributed by atoms with Gasteiger partial charge < -0.3 is 10.1 Å². The lowest BCUT2D eigenvalue weighted by Crippen LogP contribution is -2.61. The molecule has 0 bridgehead atoms. The smallest absolute Gasteiger partial charge is 0.327 e. The zero-order valence-electron chi connectivity index (χ0n) is 12.8. The van der Waals surface area contributed by atoms with Gasteiger partial charge in [0.25, 0.3) is 0 Å². The predicted octanol–water partition coefficient (Wildman–Crippen LogP) is 0.0366. The van der Waals surface area contributed by atoms with E-state index in [2.05, 4.69) is 5.32 Å². The van der Waals surface area contributed by atoms with Gasteiger partial charge in [-0.15, -0.1) is 0 Å². The molecule has 0 aromatic heterocycles. The molecule has 7 heteroatoms. The number of nitrogens with one attached hydrogen (secondary N) is 1. The number of methoxy groups -OCH3 is 1. The minimum atomic E-state index is -2.94. The highest BCUT2D eigenvalue weighted by Gasteiger charge is 2.39. The largest absolute Gasteiger partial charge is 0.468 e. The summed E-state index contributed by atoms with van der Waals surface area (Å²) < 4.78 is 28.1. The van der Waals surface area contributed by atoms with E-state index in [1.54, 1.807) is 0 Å². The maximum Gasteiger partial charge on any atom is 0.327 e. The Morgan fingerprint density at radius 3 is 2.65 bits per heavy atom. The standard InChI is InChI=1S/C13H26N2O4S/c1-5-6-14-13(3,12(16)19-4)10-15-7-8-20(17,18)9-11(15)2/h11,14H,5-10H2,1-4H3. The SMILES string of the molecule is CCCNC(C)(CN1CCS(=O)(=O)CC1C)C(=O)OC. The van der Waals surface area contributed by atoms with E-state index in [0.717, 1.165) is 6.42 Å². The van der Waals surface area contributed by atoms with Crippen molar-refractivity contribution in [1.29, 1.82) is 0 Å². The summed E-state index contributed by atoms with van der Waals surface area (Å²) >= 11 is 0. The number of esters is 1. The maximum absolute atomic E-state index is 12.0. The third-order valence-corrected chi connectivity index (χ3v) is 5.52. The summed E-state index contributed by atoms with van der Waals surface area (Å²) in [5, 5.41) is 3.22. The topological polar surface area (TPSA) is 75.7 Å². The van der Waals surface area contributed by atoms with Gasteiger partial charge in [-0.3, -0.25) is 9.69 Å². The summed E-state index contributed by atoms with van der Waals surface area (Å²) in [6.07, 6.45) is 0.913. The highest BCUT2D eigenvalue weighted by atomic mass is 32.2. The summed E-state index contributed by atoms with van der Waals surface area (Å²) in [6, 6.07) is -0.0823. The Kier molecular flexibility index (Phi) is 5.97. The second kappa shape index (κ2) is 6.87. The van der Waals surface area contributed by atoms with Gasteiger partial charge in [0.15, 0.2) is 9.84 Å². The lowest BCUT2D eigenvalue weighted by Gasteiger charge is -2.39. The third-order valence-electron chi connectivity index (χ3n) is 3.73. The first-order valence-electron chi connectivity index (χ1n) is 7.02. The molecule has 1 heterocycles. The number of nitrogens with zero attached hydrogens (tertiary/aromatic N) is 1. The Labute approximate surface area is 121 Å². The van der Waals surface area contributed by atoms with Crippen molar-refractivity contribution in [2.45, 2.75) is 38.8 Å². The summed E-state index contributed by atoms with van der Waals surface area (Å²) in [5.41, 5.74) is -0.805. The minimum absolute atomic E-state index is 0.0823. The van der Waals surface area contributed by atoms with Gasteiger partial charge in [-0.1, -0.05) is 6.92 Å². The summed E-state index contributed by atoms with van der Waals surface area (Å²) in [7, 11) is -1.57. The fraction of sp³-hybridized carbons (Fsp3) is 0.923. The lowest BCUT2D eigenvalue weighted by atomic mass is 10.0.